The van der Waals surface area contributed by atoms with Crippen LogP contribution in [0.5, 0.6) is 0 Å². The van der Waals surface area contributed by atoms with Crippen molar-refractivity contribution in [2.24, 2.45) is 11.8 Å². The second kappa shape index (κ2) is 5.98. The van der Waals surface area contributed by atoms with Gasteiger partial charge in [0, 0.05) is 33.8 Å². The summed E-state index contributed by atoms with van der Waals surface area (Å²) in [5, 5.41) is 9.28. The molecule has 0 aromatic carbocycles. The number of anilines is 3. The van der Waals surface area contributed by atoms with Gasteiger partial charge in [-0.25, -0.2) is 5.84 Å². The van der Waals surface area contributed by atoms with Crippen molar-refractivity contribution in [1.82, 2.24) is 15.0 Å². The van der Waals surface area contributed by atoms with Gasteiger partial charge in [0.25, 0.3) is 0 Å². The molecule has 2 rings (SSSR count). The van der Waals surface area contributed by atoms with Gasteiger partial charge in [0.1, 0.15) is 0 Å². The third-order valence-corrected chi connectivity index (χ3v) is 3.20. The number of nitrogens with zero attached hydrogens (tertiary/aromatic N) is 5. The summed E-state index contributed by atoms with van der Waals surface area (Å²) in [5.74, 6) is 7.18. The quantitative estimate of drug-likeness (QED) is 0.492. The van der Waals surface area contributed by atoms with Crippen LogP contribution in [-0.4, -0.2) is 53.9 Å². The summed E-state index contributed by atoms with van der Waals surface area (Å²) in [6.45, 7) is 1.85. The second-order valence-electron chi connectivity index (χ2n) is 4.93. The van der Waals surface area contributed by atoms with Crippen LogP contribution in [0.25, 0.3) is 0 Å². The first-order valence-electron chi connectivity index (χ1n) is 6.40. The van der Waals surface area contributed by atoms with Crippen LogP contribution in [0, 0.1) is 5.92 Å². The summed E-state index contributed by atoms with van der Waals surface area (Å²) in [4.78, 5) is 16.8. The van der Waals surface area contributed by atoms with Gasteiger partial charge in [0.2, 0.25) is 17.8 Å². The first kappa shape index (κ1) is 13.8. The molecule has 0 bridgehead atoms. The van der Waals surface area contributed by atoms with Gasteiger partial charge in [0.15, 0.2) is 0 Å². The Morgan fingerprint density at radius 3 is 2.84 bits per heavy atom. The SMILES string of the molecule is CN(C)c1nc(NN)nc(N2CCCC(CO)C2)n1. The summed E-state index contributed by atoms with van der Waals surface area (Å²) in [6, 6.07) is 0. The standard InChI is InChI=1S/C11H21N7O/c1-17(2)10-13-9(16-12)14-11(15-10)18-5-3-4-8(6-18)7-19/h8,19H,3-7,12H2,1-2H3,(H,13,14,15,16). The number of nitrogens with two attached hydrogens (primary N) is 1. The number of hydrazine groups is 1. The highest BCUT2D eigenvalue weighted by molar-refractivity contribution is 5.44. The van der Waals surface area contributed by atoms with Crippen molar-refractivity contribution in [3.63, 3.8) is 0 Å². The lowest BCUT2D eigenvalue weighted by Crippen LogP contribution is -2.38. The molecule has 1 fully saturated rings. The largest absolute Gasteiger partial charge is 0.396 e. The third kappa shape index (κ3) is 3.21. The molecule has 1 saturated heterocycles. The van der Waals surface area contributed by atoms with Gasteiger partial charge in [-0.15, -0.1) is 0 Å². The smallest absolute Gasteiger partial charge is 0.243 e. The maximum Gasteiger partial charge on any atom is 0.243 e. The van der Waals surface area contributed by atoms with E-state index in [1.165, 1.54) is 0 Å². The van der Waals surface area contributed by atoms with Crippen LogP contribution in [0.4, 0.5) is 17.8 Å². The number of piperidine rings is 1. The van der Waals surface area contributed by atoms with Crippen molar-refractivity contribution in [2.75, 3.05) is 49.0 Å². The number of nitrogen functional groups attached to an aromatic ring is 1. The van der Waals surface area contributed by atoms with Gasteiger partial charge < -0.3 is 14.9 Å². The molecule has 1 unspecified atom stereocenters. The van der Waals surface area contributed by atoms with E-state index < -0.39 is 0 Å². The Morgan fingerprint density at radius 2 is 2.21 bits per heavy atom. The monoisotopic (exact) mass is 267 g/mol. The molecule has 1 aliphatic heterocycles. The van der Waals surface area contributed by atoms with Crippen LogP contribution in [0.15, 0.2) is 0 Å². The summed E-state index contributed by atoms with van der Waals surface area (Å²) in [6.07, 6.45) is 2.07. The Hall–Kier alpha value is -1.67. The lowest BCUT2D eigenvalue weighted by molar-refractivity contribution is 0.208. The van der Waals surface area contributed by atoms with Crippen molar-refractivity contribution < 1.29 is 5.11 Å². The maximum atomic E-state index is 9.28. The maximum absolute atomic E-state index is 9.28. The third-order valence-electron chi connectivity index (χ3n) is 3.20. The second-order valence-corrected chi connectivity index (χ2v) is 4.93. The predicted octanol–water partition coefficient (Wildman–Crippen LogP) is -0.568. The summed E-state index contributed by atoms with van der Waals surface area (Å²) in [5.41, 5.74) is 2.46. The minimum Gasteiger partial charge on any atom is -0.396 e. The molecule has 0 radical (unpaired) electrons. The molecule has 0 spiro atoms. The predicted molar refractivity (Wildman–Crippen MR) is 74.0 cm³/mol. The average molecular weight is 267 g/mol. The molecular formula is C11H21N7O. The molecule has 1 aromatic rings. The lowest BCUT2D eigenvalue weighted by atomic mass is 9.99. The van der Waals surface area contributed by atoms with E-state index in [0.29, 0.717) is 17.8 Å². The molecule has 106 valence electrons. The van der Waals surface area contributed by atoms with Crippen LogP contribution >= 0.6 is 0 Å². The van der Waals surface area contributed by atoms with E-state index in [-0.39, 0.29) is 12.5 Å². The highest BCUT2D eigenvalue weighted by Gasteiger charge is 2.22. The Morgan fingerprint density at radius 1 is 1.42 bits per heavy atom. The average Bonchev–Trinajstić information content (AvgIpc) is 2.46. The first-order valence-corrected chi connectivity index (χ1v) is 6.40. The fourth-order valence-corrected chi connectivity index (χ4v) is 2.16. The molecule has 8 nitrogen and oxygen atoms in total. The molecule has 0 amide bonds. The van der Waals surface area contributed by atoms with Crippen molar-refractivity contribution in [3.8, 4) is 0 Å². The van der Waals surface area contributed by atoms with Crippen molar-refractivity contribution in [1.29, 1.82) is 0 Å². The van der Waals surface area contributed by atoms with Gasteiger partial charge in [-0.3, -0.25) is 5.43 Å². The van der Waals surface area contributed by atoms with Gasteiger partial charge in [-0.2, -0.15) is 15.0 Å². The minimum atomic E-state index is 0.199. The zero-order valence-electron chi connectivity index (χ0n) is 11.4. The number of hydrogen-bond acceptors (Lipinski definition) is 8. The van der Waals surface area contributed by atoms with E-state index in [9.17, 15) is 5.11 Å². The number of aliphatic hydroxyl groups is 1. The van der Waals surface area contributed by atoms with Gasteiger partial charge >= 0.3 is 0 Å². The van der Waals surface area contributed by atoms with Crippen LogP contribution < -0.4 is 21.1 Å². The molecule has 0 saturated carbocycles. The zero-order chi connectivity index (χ0) is 13.8. The fraction of sp³-hybridized carbons (Fsp3) is 0.727. The van der Waals surface area contributed by atoms with E-state index in [1.54, 1.807) is 4.90 Å². The van der Waals surface area contributed by atoms with Crippen LogP contribution in [0.3, 0.4) is 0 Å². The molecule has 1 aliphatic rings. The number of nitrogens with one attached hydrogen (secondary N) is 1. The number of hydrogen-bond donors (Lipinski definition) is 3. The van der Waals surface area contributed by atoms with Crippen LogP contribution in [0.1, 0.15) is 12.8 Å². The number of aromatic nitrogens is 3. The van der Waals surface area contributed by atoms with Crippen LogP contribution in [-0.2, 0) is 0 Å². The fourth-order valence-electron chi connectivity index (χ4n) is 2.16. The number of rotatable bonds is 4. The highest BCUT2D eigenvalue weighted by Crippen LogP contribution is 2.22. The van der Waals surface area contributed by atoms with E-state index in [1.807, 2.05) is 14.1 Å². The van der Waals surface area contributed by atoms with Crippen molar-refractivity contribution in [2.45, 2.75) is 12.8 Å². The Labute approximate surface area is 112 Å². The van der Waals surface area contributed by atoms with E-state index in [2.05, 4.69) is 25.3 Å². The van der Waals surface area contributed by atoms with Gasteiger partial charge in [-0.05, 0) is 18.8 Å². The molecular weight excluding hydrogens is 246 g/mol. The molecule has 2 heterocycles. The zero-order valence-corrected chi connectivity index (χ0v) is 11.4. The Bertz CT molecular complexity index is 426. The van der Waals surface area contributed by atoms with Gasteiger partial charge in [-0.1, -0.05) is 0 Å². The molecule has 1 atom stereocenters. The molecule has 19 heavy (non-hydrogen) atoms. The number of aliphatic hydroxyl groups excluding tert-OH is 1. The lowest BCUT2D eigenvalue weighted by Gasteiger charge is -2.32. The Kier molecular flexibility index (Phi) is 4.33. The van der Waals surface area contributed by atoms with E-state index in [4.69, 9.17) is 5.84 Å². The molecule has 0 aliphatic carbocycles. The van der Waals surface area contributed by atoms with E-state index in [0.717, 1.165) is 25.9 Å². The molecule has 4 N–H and O–H groups in total. The van der Waals surface area contributed by atoms with Crippen molar-refractivity contribution in [3.05, 3.63) is 0 Å². The topological polar surface area (TPSA) is 103 Å². The highest BCUT2D eigenvalue weighted by atomic mass is 16.3. The first-order chi connectivity index (χ1) is 9.13. The summed E-state index contributed by atoms with van der Waals surface area (Å²) >= 11 is 0. The molecule has 8 heteroatoms. The Balaban J connectivity index is 2.25. The van der Waals surface area contributed by atoms with Crippen LogP contribution in [0.2, 0.25) is 0 Å². The minimum absolute atomic E-state index is 0.199. The summed E-state index contributed by atoms with van der Waals surface area (Å²) < 4.78 is 0. The van der Waals surface area contributed by atoms with Crippen molar-refractivity contribution >= 4 is 17.8 Å². The van der Waals surface area contributed by atoms with E-state index >= 15 is 0 Å². The summed E-state index contributed by atoms with van der Waals surface area (Å²) in [7, 11) is 3.73. The molecule has 1 aromatic heterocycles. The normalized spacial score (nSPS) is 19.4. The van der Waals surface area contributed by atoms with Gasteiger partial charge in [0.05, 0.1) is 0 Å².